The molecule has 3 rings (SSSR count). The number of aryl methyl sites for hydroxylation is 1. The molecule has 0 heterocycles. The first-order valence-electron chi connectivity index (χ1n) is 8.54. The summed E-state index contributed by atoms with van der Waals surface area (Å²) < 4.78 is 10.2. The van der Waals surface area contributed by atoms with Crippen molar-refractivity contribution in [3.05, 3.63) is 76.9 Å². The molecule has 134 valence electrons. The third kappa shape index (κ3) is 2.71. The zero-order chi connectivity index (χ0) is 18.7. The van der Waals surface area contributed by atoms with Gasteiger partial charge in [-0.3, -0.25) is 9.59 Å². The fourth-order valence-corrected chi connectivity index (χ4v) is 3.95. The van der Waals surface area contributed by atoms with E-state index >= 15 is 0 Å². The zero-order valence-corrected chi connectivity index (χ0v) is 15.2. The summed E-state index contributed by atoms with van der Waals surface area (Å²) in [4.78, 5) is 25.8. The smallest absolute Gasteiger partial charge is 0.328 e. The van der Waals surface area contributed by atoms with Gasteiger partial charge in [0, 0.05) is 5.92 Å². The van der Waals surface area contributed by atoms with Crippen LogP contribution in [0.5, 0.6) is 0 Å². The van der Waals surface area contributed by atoms with Crippen LogP contribution in [-0.4, -0.2) is 26.2 Å². The summed E-state index contributed by atoms with van der Waals surface area (Å²) in [6.45, 7) is 1.91. The molecule has 1 aliphatic carbocycles. The third-order valence-corrected chi connectivity index (χ3v) is 5.08. The summed E-state index contributed by atoms with van der Waals surface area (Å²) in [5.41, 5.74) is 2.10. The average Bonchev–Trinajstić information content (AvgIpc) is 3.02. The molecule has 0 aromatic heterocycles. The van der Waals surface area contributed by atoms with Gasteiger partial charge in [0.2, 0.25) is 0 Å². The molecule has 0 amide bonds. The van der Waals surface area contributed by atoms with Gasteiger partial charge in [-0.05, 0) is 35.6 Å². The van der Waals surface area contributed by atoms with Crippen LogP contribution in [0.15, 0.2) is 54.6 Å². The molecule has 2 aromatic rings. The summed E-state index contributed by atoms with van der Waals surface area (Å²) >= 11 is 0. The highest BCUT2D eigenvalue weighted by Gasteiger charge is 2.60. The number of hydrogen-bond acceptors (Lipinski definition) is 4. The SMILES string of the molecule is COC(=O)C1(C(=O)OC)c2c(C)cccc2C[C@H]1/C=C/c1ccccc1. The van der Waals surface area contributed by atoms with Crippen LogP contribution < -0.4 is 0 Å². The second-order valence-corrected chi connectivity index (χ2v) is 6.48. The van der Waals surface area contributed by atoms with Gasteiger partial charge >= 0.3 is 11.9 Å². The van der Waals surface area contributed by atoms with Crippen LogP contribution in [0, 0.1) is 12.8 Å². The van der Waals surface area contributed by atoms with Gasteiger partial charge in [0.15, 0.2) is 5.41 Å². The normalized spacial score (nSPS) is 17.7. The second kappa shape index (κ2) is 7.16. The molecule has 1 aliphatic rings. The highest BCUT2D eigenvalue weighted by molar-refractivity contribution is 6.08. The number of methoxy groups -OCH3 is 2. The molecule has 26 heavy (non-hydrogen) atoms. The van der Waals surface area contributed by atoms with Crippen molar-refractivity contribution < 1.29 is 19.1 Å². The highest BCUT2D eigenvalue weighted by Crippen LogP contribution is 2.47. The Labute approximate surface area is 153 Å². The molecule has 0 fully saturated rings. The van der Waals surface area contributed by atoms with E-state index < -0.39 is 17.4 Å². The number of rotatable bonds is 4. The number of fused-ring (bicyclic) bond motifs is 1. The van der Waals surface area contributed by atoms with Crippen LogP contribution in [-0.2, 0) is 30.9 Å². The predicted octanol–water partition coefficient (Wildman–Crippen LogP) is 3.46. The van der Waals surface area contributed by atoms with Crippen molar-refractivity contribution in [3.63, 3.8) is 0 Å². The van der Waals surface area contributed by atoms with Gasteiger partial charge in [-0.25, -0.2) is 0 Å². The molecule has 0 saturated carbocycles. The van der Waals surface area contributed by atoms with Gasteiger partial charge in [0.05, 0.1) is 14.2 Å². The summed E-state index contributed by atoms with van der Waals surface area (Å²) in [6, 6.07) is 15.6. The summed E-state index contributed by atoms with van der Waals surface area (Å²) in [5, 5.41) is 0. The predicted molar refractivity (Wildman–Crippen MR) is 99.6 cm³/mol. The van der Waals surface area contributed by atoms with Crippen molar-refractivity contribution in [2.24, 2.45) is 5.92 Å². The van der Waals surface area contributed by atoms with Crippen molar-refractivity contribution in [3.8, 4) is 0 Å². The Morgan fingerprint density at radius 2 is 1.65 bits per heavy atom. The first kappa shape index (κ1) is 17.9. The first-order valence-corrected chi connectivity index (χ1v) is 8.54. The first-order chi connectivity index (χ1) is 12.6. The van der Waals surface area contributed by atoms with Crippen LogP contribution in [0.25, 0.3) is 6.08 Å². The molecule has 4 nitrogen and oxygen atoms in total. The molecule has 0 N–H and O–H groups in total. The minimum atomic E-state index is -1.48. The summed E-state index contributed by atoms with van der Waals surface area (Å²) in [5.74, 6) is -1.54. The maximum Gasteiger partial charge on any atom is 0.328 e. The monoisotopic (exact) mass is 350 g/mol. The number of benzene rings is 2. The van der Waals surface area contributed by atoms with E-state index in [-0.39, 0.29) is 5.92 Å². The number of carbonyl (C=O) groups excluding carboxylic acids is 2. The lowest BCUT2D eigenvalue weighted by molar-refractivity contribution is -0.163. The quantitative estimate of drug-likeness (QED) is 0.626. The Morgan fingerprint density at radius 1 is 1.00 bits per heavy atom. The Balaban J connectivity index is 2.17. The van der Waals surface area contributed by atoms with Crippen LogP contribution in [0.3, 0.4) is 0 Å². The van der Waals surface area contributed by atoms with E-state index in [4.69, 9.17) is 9.47 Å². The highest BCUT2D eigenvalue weighted by atomic mass is 16.5. The molecule has 0 bridgehead atoms. The van der Waals surface area contributed by atoms with E-state index in [1.807, 2.05) is 67.6 Å². The van der Waals surface area contributed by atoms with Crippen molar-refractivity contribution in [2.45, 2.75) is 18.8 Å². The third-order valence-electron chi connectivity index (χ3n) is 5.08. The number of hydrogen-bond donors (Lipinski definition) is 0. The van der Waals surface area contributed by atoms with Crippen molar-refractivity contribution >= 4 is 18.0 Å². The number of ether oxygens (including phenoxy) is 2. The Hall–Kier alpha value is -2.88. The number of esters is 2. The van der Waals surface area contributed by atoms with Crippen LogP contribution in [0.1, 0.15) is 22.3 Å². The van der Waals surface area contributed by atoms with E-state index in [2.05, 4.69) is 0 Å². The van der Waals surface area contributed by atoms with E-state index in [0.717, 1.165) is 16.7 Å². The minimum Gasteiger partial charge on any atom is -0.468 e. The second-order valence-electron chi connectivity index (χ2n) is 6.48. The fourth-order valence-electron chi connectivity index (χ4n) is 3.95. The maximum absolute atomic E-state index is 12.9. The molecule has 2 aromatic carbocycles. The Kier molecular flexibility index (Phi) is 4.94. The van der Waals surface area contributed by atoms with Gasteiger partial charge in [-0.15, -0.1) is 0 Å². The van der Waals surface area contributed by atoms with E-state index in [1.165, 1.54) is 14.2 Å². The van der Waals surface area contributed by atoms with Gasteiger partial charge in [-0.1, -0.05) is 60.7 Å². The molecular formula is C22H22O4. The van der Waals surface area contributed by atoms with Crippen LogP contribution in [0.2, 0.25) is 0 Å². The summed E-state index contributed by atoms with van der Waals surface area (Å²) in [7, 11) is 2.61. The summed E-state index contributed by atoms with van der Waals surface area (Å²) in [6.07, 6.45) is 4.43. The van der Waals surface area contributed by atoms with E-state index in [1.54, 1.807) is 0 Å². The van der Waals surface area contributed by atoms with Gasteiger partial charge in [-0.2, -0.15) is 0 Å². The van der Waals surface area contributed by atoms with Gasteiger partial charge < -0.3 is 9.47 Å². The van der Waals surface area contributed by atoms with Crippen molar-refractivity contribution in [2.75, 3.05) is 14.2 Å². The van der Waals surface area contributed by atoms with Gasteiger partial charge in [0.25, 0.3) is 0 Å². The lowest BCUT2D eigenvalue weighted by Crippen LogP contribution is -2.49. The van der Waals surface area contributed by atoms with Gasteiger partial charge in [0.1, 0.15) is 0 Å². The minimum absolute atomic E-state index is 0.376. The number of carbonyl (C=O) groups is 2. The zero-order valence-electron chi connectivity index (χ0n) is 15.2. The average molecular weight is 350 g/mol. The molecule has 0 radical (unpaired) electrons. The van der Waals surface area contributed by atoms with E-state index in [9.17, 15) is 9.59 Å². The lowest BCUT2D eigenvalue weighted by atomic mass is 9.73. The molecule has 1 atom stereocenters. The largest absolute Gasteiger partial charge is 0.468 e. The van der Waals surface area contributed by atoms with Crippen molar-refractivity contribution in [1.82, 2.24) is 0 Å². The fraction of sp³-hybridized carbons (Fsp3) is 0.273. The topological polar surface area (TPSA) is 52.6 Å². The van der Waals surface area contributed by atoms with Crippen LogP contribution >= 0.6 is 0 Å². The van der Waals surface area contributed by atoms with Crippen LogP contribution in [0.4, 0.5) is 0 Å². The lowest BCUT2D eigenvalue weighted by Gasteiger charge is -2.30. The Morgan fingerprint density at radius 3 is 2.27 bits per heavy atom. The Bertz CT molecular complexity index is 836. The number of allylic oxidation sites excluding steroid dienone is 1. The molecular weight excluding hydrogens is 328 g/mol. The maximum atomic E-state index is 12.9. The molecule has 4 heteroatoms. The molecule has 0 spiro atoms. The molecule has 0 saturated heterocycles. The molecule has 0 unspecified atom stereocenters. The van der Waals surface area contributed by atoms with E-state index in [0.29, 0.717) is 12.0 Å². The molecule has 0 aliphatic heterocycles. The standard InChI is InChI=1S/C22H22O4/c1-15-8-7-11-17-14-18(13-12-16-9-5-4-6-10-16)22(19(15)17,20(23)25-2)21(24)26-3/h4-13,18H,14H2,1-3H3/b13-12+/t18-/m1/s1. The van der Waals surface area contributed by atoms with Crippen molar-refractivity contribution in [1.29, 1.82) is 0 Å².